The van der Waals surface area contributed by atoms with Gasteiger partial charge in [-0.05, 0) is 49.9 Å². The first-order chi connectivity index (χ1) is 13.0. The van der Waals surface area contributed by atoms with E-state index >= 15 is 0 Å². The quantitative estimate of drug-likeness (QED) is 0.861. The minimum absolute atomic E-state index is 0.00700. The number of benzene rings is 2. The van der Waals surface area contributed by atoms with Crippen LogP contribution in [0.3, 0.4) is 0 Å². The lowest BCUT2D eigenvalue weighted by Crippen LogP contribution is -2.45. The van der Waals surface area contributed by atoms with Gasteiger partial charge in [-0.3, -0.25) is 9.59 Å². The maximum absolute atomic E-state index is 12.8. The zero-order valence-electron chi connectivity index (χ0n) is 15.8. The van der Waals surface area contributed by atoms with Gasteiger partial charge < -0.3 is 10.2 Å². The molecule has 0 unspecified atom stereocenters. The van der Waals surface area contributed by atoms with E-state index in [1.54, 1.807) is 29.2 Å². The molecule has 1 fully saturated rings. The lowest BCUT2D eigenvalue weighted by atomic mass is 9.96. The minimum Gasteiger partial charge on any atom is -0.352 e. The molecule has 1 N–H and O–H groups in total. The van der Waals surface area contributed by atoms with Crippen molar-refractivity contribution < 1.29 is 9.59 Å². The molecule has 142 valence electrons. The molecule has 4 nitrogen and oxygen atoms in total. The van der Waals surface area contributed by atoms with Crippen molar-refractivity contribution in [1.29, 1.82) is 0 Å². The number of piperidine rings is 1. The maximum atomic E-state index is 12.8. The van der Waals surface area contributed by atoms with Crippen molar-refractivity contribution in [2.24, 2.45) is 5.92 Å². The van der Waals surface area contributed by atoms with Crippen LogP contribution in [-0.2, 0) is 11.3 Å². The monoisotopic (exact) mass is 384 g/mol. The van der Waals surface area contributed by atoms with E-state index in [2.05, 4.69) is 23.5 Å². The van der Waals surface area contributed by atoms with Crippen molar-refractivity contribution in [3.8, 4) is 0 Å². The summed E-state index contributed by atoms with van der Waals surface area (Å²) in [5.74, 6) is -0.282. The van der Waals surface area contributed by atoms with Gasteiger partial charge >= 0.3 is 0 Å². The van der Waals surface area contributed by atoms with Crippen LogP contribution in [0.1, 0.15) is 39.9 Å². The molecule has 0 aliphatic carbocycles. The number of carbonyl (C=O) groups excluding carboxylic acids is 2. The Morgan fingerprint density at radius 1 is 1.19 bits per heavy atom. The van der Waals surface area contributed by atoms with Crippen molar-refractivity contribution in [2.75, 3.05) is 13.1 Å². The van der Waals surface area contributed by atoms with Crippen LogP contribution in [0.2, 0.25) is 5.02 Å². The molecule has 27 heavy (non-hydrogen) atoms. The fourth-order valence-corrected chi connectivity index (χ4v) is 3.71. The van der Waals surface area contributed by atoms with Crippen molar-refractivity contribution >= 4 is 23.4 Å². The topological polar surface area (TPSA) is 49.4 Å². The average molecular weight is 385 g/mol. The smallest absolute Gasteiger partial charge is 0.255 e. The van der Waals surface area contributed by atoms with Gasteiger partial charge in [0.25, 0.3) is 5.91 Å². The van der Waals surface area contributed by atoms with Gasteiger partial charge in [0.05, 0.1) is 16.5 Å². The predicted octanol–water partition coefficient (Wildman–Crippen LogP) is 4.13. The molecule has 2 aromatic carbocycles. The molecule has 1 atom stereocenters. The first-order valence-corrected chi connectivity index (χ1v) is 9.71. The lowest BCUT2D eigenvalue weighted by Gasteiger charge is -2.32. The Bertz CT molecular complexity index is 850. The number of halogens is 1. The molecule has 5 heteroatoms. The van der Waals surface area contributed by atoms with Gasteiger partial charge in [-0.25, -0.2) is 0 Å². The highest BCUT2D eigenvalue weighted by molar-refractivity contribution is 6.33. The average Bonchev–Trinajstić information content (AvgIpc) is 2.68. The van der Waals surface area contributed by atoms with E-state index in [9.17, 15) is 9.59 Å². The van der Waals surface area contributed by atoms with E-state index in [4.69, 9.17) is 11.6 Å². The Hall–Kier alpha value is -2.33. The van der Waals surface area contributed by atoms with Crippen LogP contribution in [0.4, 0.5) is 0 Å². The third-order valence-corrected chi connectivity index (χ3v) is 5.47. The highest BCUT2D eigenvalue weighted by atomic mass is 35.5. The second-order valence-corrected chi connectivity index (χ2v) is 7.63. The Kier molecular flexibility index (Phi) is 6.17. The van der Waals surface area contributed by atoms with Crippen LogP contribution in [-0.4, -0.2) is 29.8 Å². The molecule has 3 rings (SSSR count). The number of amides is 2. The van der Waals surface area contributed by atoms with Crippen molar-refractivity contribution in [3.63, 3.8) is 0 Å². The van der Waals surface area contributed by atoms with E-state index in [1.807, 2.05) is 13.8 Å². The highest BCUT2D eigenvalue weighted by Gasteiger charge is 2.29. The van der Waals surface area contributed by atoms with Crippen LogP contribution in [0.25, 0.3) is 0 Å². The number of aryl methyl sites for hydroxylation is 2. The first-order valence-electron chi connectivity index (χ1n) is 9.33. The van der Waals surface area contributed by atoms with Gasteiger partial charge in [0, 0.05) is 19.6 Å². The summed E-state index contributed by atoms with van der Waals surface area (Å²) in [6.07, 6.45) is 1.61. The second-order valence-electron chi connectivity index (χ2n) is 7.22. The molecular weight excluding hydrogens is 360 g/mol. The Balaban J connectivity index is 1.62. The molecule has 0 aromatic heterocycles. The summed E-state index contributed by atoms with van der Waals surface area (Å²) in [6.45, 7) is 5.70. The van der Waals surface area contributed by atoms with Crippen molar-refractivity contribution in [3.05, 3.63) is 69.7 Å². The lowest BCUT2D eigenvalue weighted by molar-refractivity contribution is -0.126. The standard InChI is InChI=1S/C22H25ClN2O2/c1-15-9-10-16(2)18(12-15)13-24-21(26)17-6-5-11-25(14-17)22(27)19-7-3-4-8-20(19)23/h3-4,7-10,12,17H,5-6,11,13-14H2,1-2H3,(H,24,26)/t17-/m0/s1. The molecule has 1 heterocycles. The second kappa shape index (κ2) is 8.57. The molecule has 0 bridgehead atoms. The van der Waals surface area contributed by atoms with Gasteiger partial charge in [0.2, 0.25) is 5.91 Å². The van der Waals surface area contributed by atoms with Gasteiger partial charge in [0.15, 0.2) is 0 Å². The molecule has 1 aliphatic rings. The van der Waals surface area contributed by atoms with Gasteiger partial charge in [-0.15, -0.1) is 0 Å². The van der Waals surface area contributed by atoms with E-state index in [1.165, 1.54) is 11.1 Å². The van der Waals surface area contributed by atoms with Crippen molar-refractivity contribution in [1.82, 2.24) is 10.2 Å². The minimum atomic E-state index is -0.185. The normalized spacial score (nSPS) is 16.9. The third kappa shape index (κ3) is 4.69. The molecule has 0 spiro atoms. The highest BCUT2D eigenvalue weighted by Crippen LogP contribution is 2.22. The fourth-order valence-electron chi connectivity index (χ4n) is 3.50. The largest absolute Gasteiger partial charge is 0.352 e. The van der Waals surface area contributed by atoms with Crippen LogP contribution in [0.5, 0.6) is 0 Å². The van der Waals surface area contributed by atoms with Crippen LogP contribution in [0.15, 0.2) is 42.5 Å². The summed E-state index contributed by atoms with van der Waals surface area (Å²) in [4.78, 5) is 27.2. The number of nitrogens with one attached hydrogen (secondary N) is 1. The van der Waals surface area contributed by atoms with Crippen LogP contribution >= 0.6 is 11.6 Å². The zero-order valence-corrected chi connectivity index (χ0v) is 16.6. The SMILES string of the molecule is Cc1ccc(C)c(CNC(=O)[C@H]2CCCN(C(=O)c3ccccc3Cl)C2)c1. The number of nitrogens with zero attached hydrogens (tertiary/aromatic N) is 1. The first kappa shape index (κ1) is 19.4. The van der Waals surface area contributed by atoms with Gasteiger partial charge in [-0.2, -0.15) is 0 Å². The van der Waals surface area contributed by atoms with E-state index < -0.39 is 0 Å². The summed E-state index contributed by atoms with van der Waals surface area (Å²) in [5.41, 5.74) is 3.97. The van der Waals surface area contributed by atoms with E-state index in [-0.39, 0.29) is 17.7 Å². The molecule has 2 amide bonds. The molecule has 0 radical (unpaired) electrons. The van der Waals surface area contributed by atoms with Crippen LogP contribution in [0, 0.1) is 19.8 Å². The number of rotatable bonds is 4. The Morgan fingerprint density at radius 2 is 1.96 bits per heavy atom. The molecule has 2 aromatic rings. The van der Waals surface area contributed by atoms with Gasteiger partial charge in [0.1, 0.15) is 0 Å². The summed E-state index contributed by atoms with van der Waals surface area (Å²) in [6, 6.07) is 13.3. The van der Waals surface area contributed by atoms with Crippen molar-refractivity contribution in [2.45, 2.75) is 33.2 Å². The Labute approximate surface area is 165 Å². The van der Waals surface area contributed by atoms with Gasteiger partial charge in [-0.1, -0.05) is 47.5 Å². The van der Waals surface area contributed by atoms with E-state index in [0.717, 1.165) is 18.4 Å². The number of hydrogen-bond donors (Lipinski definition) is 1. The summed E-state index contributed by atoms with van der Waals surface area (Å²) in [5, 5.41) is 3.49. The third-order valence-electron chi connectivity index (χ3n) is 5.14. The molecular formula is C22H25ClN2O2. The molecule has 0 saturated carbocycles. The predicted molar refractivity (Wildman–Crippen MR) is 108 cm³/mol. The van der Waals surface area contributed by atoms with Crippen LogP contribution < -0.4 is 5.32 Å². The van der Waals surface area contributed by atoms with E-state index in [0.29, 0.717) is 30.2 Å². The molecule has 1 aliphatic heterocycles. The number of likely N-dealkylation sites (tertiary alicyclic amines) is 1. The fraction of sp³-hybridized carbons (Fsp3) is 0.364. The molecule has 1 saturated heterocycles. The summed E-state index contributed by atoms with van der Waals surface area (Å²) >= 11 is 6.16. The number of hydrogen-bond acceptors (Lipinski definition) is 2. The summed E-state index contributed by atoms with van der Waals surface area (Å²) in [7, 11) is 0. The Morgan fingerprint density at radius 3 is 2.74 bits per heavy atom. The maximum Gasteiger partial charge on any atom is 0.255 e. The zero-order chi connectivity index (χ0) is 19.4. The summed E-state index contributed by atoms with van der Waals surface area (Å²) < 4.78 is 0. The number of carbonyl (C=O) groups is 2.